The number of fused-ring (bicyclic) bond motifs is 2. The highest BCUT2D eigenvalue weighted by Gasteiger charge is 2.37. The van der Waals surface area contributed by atoms with Gasteiger partial charge in [0.25, 0.3) is 5.91 Å². The number of carbonyl (C=O) groups is 1. The molecule has 1 amide bonds. The molecule has 1 atom stereocenters. The molecule has 166 valence electrons. The number of oxazole rings is 1. The summed E-state index contributed by atoms with van der Waals surface area (Å²) in [7, 11) is 1.82. The van der Waals surface area contributed by atoms with Crippen LogP contribution in [0.2, 0.25) is 0 Å². The number of hydrogen-bond acceptors (Lipinski definition) is 6. The van der Waals surface area contributed by atoms with Gasteiger partial charge >= 0.3 is 0 Å². The Labute approximate surface area is 186 Å². The Morgan fingerprint density at radius 3 is 2.97 bits per heavy atom. The molecule has 6 rings (SSSR count). The number of halogens is 1. The third-order valence-corrected chi connectivity index (χ3v) is 6.12. The topological polar surface area (TPSA) is 110 Å². The number of amides is 1. The van der Waals surface area contributed by atoms with E-state index in [4.69, 9.17) is 4.42 Å². The van der Waals surface area contributed by atoms with Crippen LogP contribution in [0.25, 0.3) is 17.0 Å². The molecule has 6 heterocycles. The zero-order chi connectivity index (χ0) is 22.7. The number of rotatable bonds is 3. The van der Waals surface area contributed by atoms with Gasteiger partial charge in [0.15, 0.2) is 0 Å². The number of carbonyl (C=O) groups excluding carboxylic acids is 1. The number of H-pyrrole nitrogens is 1. The van der Waals surface area contributed by atoms with E-state index >= 15 is 0 Å². The van der Waals surface area contributed by atoms with Gasteiger partial charge in [-0.15, -0.1) is 0 Å². The van der Waals surface area contributed by atoms with Crippen molar-refractivity contribution in [3.05, 3.63) is 77.5 Å². The number of nitrogens with one attached hydrogen (secondary N) is 1. The summed E-state index contributed by atoms with van der Waals surface area (Å²) in [6.07, 6.45) is 6.94. The summed E-state index contributed by atoms with van der Waals surface area (Å²) in [6, 6.07) is 4.01. The van der Waals surface area contributed by atoms with Crippen molar-refractivity contribution in [2.45, 2.75) is 19.4 Å². The highest BCUT2D eigenvalue weighted by molar-refractivity contribution is 5.92. The molecule has 0 spiro atoms. The lowest BCUT2D eigenvalue weighted by Gasteiger charge is -2.33. The van der Waals surface area contributed by atoms with E-state index in [9.17, 15) is 9.18 Å². The maximum atomic E-state index is 14.3. The van der Waals surface area contributed by atoms with Crippen molar-refractivity contribution in [3.8, 4) is 11.5 Å². The third kappa shape index (κ3) is 2.96. The molecule has 5 aromatic rings. The van der Waals surface area contributed by atoms with Crippen molar-refractivity contribution in [2.75, 3.05) is 6.54 Å². The monoisotopic (exact) mass is 446 g/mol. The molecule has 1 aliphatic rings. The summed E-state index contributed by atoms with van der Waals surface area (Å²) >= 11 is 0. The molecule has 5 aromatic heterocycles. The Kier molecular flexibility index (Phi) is 4.19. The first-order chi connectivity index (χ1) is 16.0. The minimum absolute atomic E-state index is 0.104. The van der Waals surface area contributed by atoms with Crippen LogP contribution in [-0.4, -0.2) is 51.7 Å². The molecule has 0 fully saturated rings. The van der Waals surface area contributed by atoms with Gasteiger partial charge in [-0.2, -0.15) is 10.2 Å². The molecular weight excluding hydrogens is 427 g/mol. The van der Waals surface area contributed by atoms with E-state index in [-0.39, 0.29) is 17.5 Å². The lowest BCUT2D eigenvalue weighted by molar-refractivity contribution is 0.0655. The van der Waals surface area contributed by atoms with E-state index in [2.05, 4.69) is 25.1 Å². The average Bonchev–Trinajstić information content (AvgIpc) is 3.60. The van der Waals surface area contributed by atoms with Gasteiger partial charge in [-0.25, -0.2) is 18.9 Å². The van der Waals surface area contributed by atoms with Crippen molar-refractivity contribution in [1.29, 1.82) is 0 Å². The smallest absolute Gasteiger partial charge is 0.292 e. The summed E-state index contributed by atoms with van der Waals surface area (Å²) in [6.45, 7) is 2.31. The van der Waals surface area contributed by atoms with Crippen molar-refractivity contribution >= 4 is 11.4 Å². The van der Waals surface area contributed by atoms with Gasteiger partial charge in [-0.05, 0) is 25.1 Å². The fraction of sp³-hybridized carbons (Fsp3) is 0.227. The molecule has 0 unspecified atom stereocenters. The molecule has 1 N–H and O–H groups in total. The van der Waals surface area contributed by atoms with Crippen LogP contribution in [-0.2, 0) is 13.5 Å². The second-order valence-corrected chi connectivity index (χ2v) is 7.97. The lowest BCUT2D eigenvalue weighted by atomic mass is 9.99. The van der Waals surface area contributed by atoms with Crippen molar-refractivity contribution in [3.63, 3.8) is 0 Å². The molecule has 0 aromatic carbocycles. The first kappa shape index (κ1) is 19.4. The van der Waals surface area contributed by atoms with E-state index in [0.717, 1.165) is 17.0 Å². The molecule has 10 nitrogen and oxygen atoms in total. The number of aromatic nitrogens is 7. The Bertz CT molecular complexity index is 1510. The molecule has 0 saturated heterocycles. The van der Waals surface area contributed by atoms with Crippen molar-refractivity contribution in [1.82, 2.24) is 39.2 Å². The maximum Gasteiger partial charge on any atom is 0.292 e. The normalized spacial score (nSPS) is 15.8. The van der Waals surface area contributed by atoms with Crippen molar-refractivity contribution < 1.29 is 13.6 Å². The molecule has 11 heteroatoms. The van der Waals surface area contributed by atoms with E-state index in [0.29, 0.717) is 35.8 Å². The summed E-state index contributed by atoms with van der Waals surface area (Å²) < 4.78 is 23.3. The second-order valence-electron chi connectivity index (χ2n) is 7.97. The van der Waals surface area contributed by atoms with Crippen LogP contribution in [0.15, 0.2) is 47.5 Å². The van der Waals surface area contributed by atoms with E-state index < -0.39 is 6.04 Å². The van der Waals surface area contributed by atoms with Gasteiger partial charge in [-0.1, -0.05) is 0 Å². The highest BCUT2D eigenvalue weighted by Crippen LogP contribution is 2.35. The Balaban J connectivity index is 1.41. The molecule has 0 saturated carbocycles. The summed E-state index contributed by atoms with van der Waals surface area (Å²) in [5.41, 5.74) is 4.05. The molecular formula is C22H19FN8O2. The number of nitrogens with zero attached hydrogens (tertiary/aromatic N) is 7. The predicted molar refractivity (Wildman–Crippen MR) is 114 cm³/mol. The van der Waals surface area contributed by atoms with Gasteiger partial charge in [-0.3, -0.25) is 9.48 Å². The van der Waals surface area contributed by atoms with Gasteiger partial charge in [0.2, 0.25) is 11.7 Å². The zero-order valence-corrected chi connectivity index (χ0v) is 17.9. The fourth-order valence-corrected chi connectivity index (χ4v) is 4.28. The Morgan fingerprint density at radius 2 is 2.18 bits per heavy atom. The Hall–Kier alpha value is -4.28. The van der Waals surface area contributed by atoms with Crippen LogP contribution >= 0.6 is 0 Å². The van der Waals surface area contributed by atoms with Crippen LogP contribution in [0.1, 0.15) is 39.4 Å². The Morgan fingerprint density at radius 1 is 1.30 bits per heavy atom. The highest BCUT2D eigenvalue weighted by atomic mass is 19.1. The van der Waals surface area contributed by atoms with Crippen LogP contribution in [0, 0.1) is 12.7 Å². The maximum absolute atomic E-state index is 14.3. The van der Waals surface area contributed by atoms with Gasteiger partial charge in [0.05, 0.1) is 35.7 Å². The number of pyridine rings is 1. The molecule has 0 aliphatic carbocycles. The van der Waals surface area contributed by atoms with Gasteiger partial charge in [0.1, 0.15) is 17.4 Å². The summed E-state index contributed by atoms with van der Waals surface area (Å²) in [5.74, 6) is -0.301. The second kappa shape index (κ2) is 7.12. The van der Waals surface area contributed by atoms with Crippen LogP contribution < -0.4 is 0 Å². The SMILES string of the molecule is Cc1c(-c2ncc(C(=O)N3CCc4[nH]cnc4[C@H]3c3cc4c(F)cccn4n3)o2)cnn1C. The molecule has 0 radical (unpaired) electrons. The summed E-state index contributed by atoms with van der Waals surface area (Å²) in [4.78, 5) is 27.1. The first-order valence-electron chi connectivity index (χ1n) is 10.4. The van der Waals surface area contributed by atoms with Crippen LogP contribution in [0.5, 0.6) is 0 Å². The minimum Gasteiger partial charge on any atom is -0.431 e. The van der Waals surface area contributed by atoms with Crippen molar-refractivity contribution in [2.24, 2.45) is 7.05 Å². The van der Waals surface area contributed by atoms with E-state index in [1.165, 1.54) is 16.8 Å². The molecule has 0 bridgehead atoms. The summed E-state index contributed by atoms with van der Waals surface area (Å²) in [5, 5.41) is 8.74. The predicted octanol–water partition coefficient (Wildman–Crippen LogP) is 2.68. The number of aryl methyl sites for hydroxylation is 1. The minimum atomic E-state index is -0.597. The third-order valence-electron chi connectivity index (χ3n) is 6.12. The quantitative estimate of drug-likeness (QED) is 0.456. The van der Waals surface area contributed by atoms with E-state index in [1.807, 2.05) is 14.0 Å². The van der Waals surface area contributed by atoms with Crippen LogP contribution in [0.4, 0.5) is 4.39 Å². The van der Waals surface area contributed by atoms with Gasteiger partial charge in [0, 0.05) is 37.6 Å². The molecule has 33 heavy (non-hydrogen) atoms. The number of aromatic amines is 1. The fourth-order valence-electron chi connectivity index (χ4n) is 4.28. The largest absolute Gasteiger partial charge is 0.431 e. The van der Waals surface area contributed by atoms with Crippen LogP contribution in [0.3, 0.4) is 0 Å². The average molecular weight is 446 g/mol. The standard InChI is InChI=1S/C22H19FN8O2/c1-12-13(9-27-29(12)2)21-24-10-18(33-21)22(32)30-7-5-15-19(26-11-25-15)20(30)16-8-17-14(23)4-3-6-31(17)28-16/h3-4,6,8-11,20H,5,7H2,1-2H3,(H,25,26)/t20-/m1/s1. The number of imidazole rings is 1. The molecule has 1 aliphatic heterocycles. The number of hydrogen-bond donors (Lipinski definition) is 1. The lowest BCUT2D eigenvalue weighted by Crippen LogP contribution is -2.40. The first-order valence-corrected chi connectivity index (χ1v) is 10.4. The van der Waals surface area contributed by atoms with E-state index in [1.54, 1.807) is 40.4 Å². The van der Waals surface area contributed by atoms with Gasteiger partial charge < -0.3 is 14.3 Å². The zero-order valence-electron chi connectivity index (χ0n) is 17.9.